The molecule has 2 aromatic heterocycles. The molecular formula is C18H26N6O. The fourth-order valence-corrected chi connectivity index (χ4v) is 2.26. The maximum atomic E-state index is 5.26. The number of hydrogen-bond acceptors (Lipinski definition) is 5. The number of nitrogens with one attached hydrogen (secondary N) is 1. The topological polar surface area (TPSA) is 79.4 Å². The Morgan fingerprint density at radius 3 is 3.04 bits per heavy atom. The van der Waals surface area contributed by atoms with Crippen molar-refractivity contribution in [1.29, 1.82) is 0 Å². The Morgan fingerprint density at radius 2 is 2.32 bits per heavy atom. The zero-order valence-corrected chi connectivity index (χ0v) is 15.0. The molecule has 0 radical (unpaired) electrons. The quantitative estimate of drug-likeness (QED) is 0.326. The van der Waals surface area contributed by atoms with Gasteiger partial charge in [0.25, 0.3) is 5.89 Å². The summed E-state index contributed by atoms with van der Waals surface area (Å²) in [7, 11) is 2.04. The van der Waals surface area contributed by atoms with Gasteiger partial charge in [0.1, 0.15) is 5.69 Å². The summed E-state index contributed by atoms with van der Waals surface area (Å²) in [5.41, 5.74) is 0.681. The molecule has 0 aliphatic heterocycles. The van der Waals surface area contributed by atoms with Crippen LogP contribution in [-0.4, -0.2) is 52.7 Å². The molecule has 0 aliphatic rings. The summed E-state index contributed by atoms with van der Waals surface area (Å²) in [6.45, 7) is 8.17. The van der Waals surface area contributed by atoms with Crippen molar-refractivity contribution in [2.24, 2.45) is 4.99 Å². The summed E-state index contributed by atoms with van der Waals surface area (Å²) in [5, 5.41) is 7.30. The van der Waals surface area contributed by atoms with E-state index in [1.54, 1.807) is 6.20 Å². The lowest BCUT2D eigenvalue weighted by molar-refractivity contribution is 0.421. The molecule has 0 saturated heterocycles. The SMILES string of the molecule is C=CCCCN(C)C(=NCCc1noc(-c2ccccn2)n1)NCC. The average Bonchev–Trinajstić information content (AvgIpc) is 3.11. The van der Waals surface area contributed by atoms with Crippen LogP contribution in [0.4, 0.5) is 0 Å². The Hall–Kier alpha value is -2.70. The first-order chi connectivity index (χ1) is 12.2. The molecule has 0 aliphatic carbocycles. The smallest absolute Gasteiger partial charge is 0.276 e. The molecule has 0 bridgehead atoms. The Kier molecular flexibility index (Phi) is 7.62. The van der Waals surface area contributed by atoms with Gasteiger partial charge in [0.2, 0.25) is 0 Å². The van der Waals surface area contributed by atoms with Crippen molar-refractivity contribution in [2.45, 2.75) is 26.2 Å². The number of pyridine rings is 1. The summed E-state index contributed by atoms with van der Waals surface area (Å²) in [6.07, 6.45) is 6.32. The van der Waals surface area contributed by atoms with Crippen molar-refractivity contribution in [3.05, 3.63) is 42.9 Å². The Balaban J connectivity index is 1.90. The van der Waals surface area contributed by atoms with Gasteiger partial charge in [-0.25, -0.2) is 0 Å². The molecule has 0 spiro atoms. The molecule has 0 fully saturated rings. The van der Waals surface area contributed by atoms with Gasteiger partial charge in [-0.2, -0.15) is 4.98 Å². The third kappa shape index (κ3) is 6.02. The van der Waals surface area contributed by atoms with Crippen LogP contribution in [0.1, 0.15) is 25.6 Å². The summed E-state index contributed by atoms with van der Waals surface area (Å²) >= 11 is 0. The van der Waals surface area contributed by atoms with E-state index in [1.807, 2.05) is 31.3 Å². The van der Waals surface area contributed by atoms with Crippen molar-refractivity contribution >= 4 is 5.96 Å². The first-order valence-electron chi connectivity index (χ1n) is 8.59. The standard InChI is InChI=1S/C18H26N6O/c1-4-6-9-14-24(3)18(19-5-2)21-13-11-16-22-17(25-23-16)15-10-7-8-12-20-15/h4,7-8,10,12H,1,5-6,9,11,13-14H2,2-3H3,(H,19,21). The summed E-state index contributed by atoms with van der Waals surface area (Å²) in [4.78, 5) is 15.3. The minimum atomic E-state index is 0.438. The van der Waals surface area contributed by atoms with Gasteiger partial charge in [-0.05, 0) is 31.9 Å². The first kappa shape index (κ1) is 18.6. The number of nitrogens with zero attached hydrogens (tertiary/aromatic N) is 5. The fraction of sp³-hybridized carbons (Fsp3) is 0.444. The van der Waals surface area contributed by atoms with E-state index in [0.29, 0.717) is 30.4 Å². The van der Waals surface area contributed by atoms with Crippen LogP contribution in [0.2, 0.25) is 0 Å². The number of aromatic nitrogens is 3. The molecule has 0 amide bonds. The second-order valence-electron chi connectivity index (χ2n) is 5.57. The monoisotopic (exact) mass is 342 g/mol. The molecule has 0 atom stereocenters. The minimum Gasteiger partial charge on any atom is -0.357 e. The van der Waals surface area contributed by atoms with Gasteiger partial charge in [0.05, 0.1) is 0 Å². The van der Waals surface area contributed by atoms with Gasteiger partial charge < -0.3 is 14.7 Å². The van der Waals surface area contributed by atoms with Crippen LogP contribution in [0.25, 0.3) is 11.6 Å². The molecule has 2 aromatic rings. The number of rotatable bonds is 9. The van der Waals surface area contributed by atoms with Crippen molar-refractivity contribution in [3.63, 3.8) is 0 Å². The molecule has 25 heavy (non-hydrogen) atoms. The van der Waals surface area contributed by atoms with E-state index in [-0.39, 0.29) is 0 Å². The normalized spacial score (nSPS) is 11.4. The molecular weight excluding hydrogens is 316 g/mol. The van der Waals surface area contributed by atoms with Gasteiger partial charge in [0.15, 0.2) is 11.8 Å². The van der Waals surface area contributed by atoms with Gasteiger partial charge >= 0.3 is 0 Å². The van der Waals surface area contributed by atoms with E-state index in [4.69, 9.17) is 4.52 Å². The van der Waals surface area contributed by atoms with Gasteiger partial charge in [0, 0.05) is 39.3 Å². The molecule has 134 valence electrons. The molecule has 0 unspecified atom stereocenters. The highest BCUT2D eigenvalue weighted by atomic mass is 16.5. The van der Waals surface area contributed by atoms with Crippen molar-refractivity contribution < 1.29 is 4.52 Å². The van der Waals surface area contributed by atoms with Crippen LogP contribution < -0.4 is 5.32 Å². The lowest BCUT2D eigenvalue weighted by Gasteiger charge is -2.21. The maximum Gasteiger partial charge on any atom is 0.276 e. The highest BCUT2D eigenvalue weighted by Crippen LogP contribution is 2.13. The molecule has 0 aromatic carbocycles. The number of aliphatic imine (C=N–C) groups is 1. The third-order valence-electron chi connectivity index (χ3n) is 3.55. The van der Waals surface area contributed by atoms with Crippen LogP contribution in [0.15, 0.2) is 46.6 Å². The summed E-state index contributed by atoms with van der Waals surface area (Å²) in [6, 6.07) is 5.58. The molecule has 7 heteroatoms. The number of hydrogen-bond donors (Lipinski definition) is 1. The van der Waals surface area contributed by atoms with Crippen LogP contribution in [0, 0.1) is 0 Å². The van der Waals surface area contributed by atoms with E-state index in [1.165, 1.54) is 0 Å². The highest BCUT2D eigenvalue weighted by Gasteiger charge is 2.10. The van der Waals surface area contributed by atoms with E-state index in [9.17, 15) is 0 Å². The Bertz CT molecular complexity index is 667. The highest BCUT2D eigenvalue weighted by molar-refractivity contribution is 5.79. The van der Waals surface area contributed by atoms with E-state index in [0.717, 1.165) is 31.9 Å². The van der Waals surface area contributed by atoms with E-state index < -0.39 is 0 Å². The van der Waals surface area contributed by atoms with E-state index in [2.05, 4.69) is 43.8 Å². The van der Waals surface area contributed by atoms with Crippen molar-refractivity contribution in [2.75, 3.05) is 26.7 Å². The minimum absolute atomic E-state index is 0.438. The van der Waals surface area contributed by atoms with Crippen LogP contribution >= 0.6 is 0 Å². The maximum absolute atomic E-state index is 5.26. The number of unbranched alkanes of at least 4 members (excludes halogenated alkanes) is 1. The zero-order chi connectivity index (χ0) is 17.9. The predicted octanol–water partition coefficient (Wildman–Crippen LogP) is 2.54. The second kappa shape index (κ2) is 10.2. The molecule has 2 rings (SSSR count). The Labute approximate surface area is 148 Å². The molecule has 7 nitrogen and oxygen atoms in total. The van der Waals surface area contributed by atoms with Gasteiger partial charge in [-0.3, -0.25) is 9.98 Å². The largest absolute Gasteiger partial charge is 0.357 e. The fourth-order valence-electron chi connectivity index (χ4n) is 2.26. The van der Waals surface area contributed by atoms with Gasteiger partial charge in [-0.15, -0.1) is 6.58 Å². The summed E-state index contributed by atoms with van der Waals surface area (Å²) < 4.78 is 5.26. The molecule has 0 saturated carbocycles. The van der Waals surface area contributed by atoms with Crippen LogP contribution in [-0.2, 0) is 6.42 Å². The van der Waals surface area contributed by atoms with Crippen molar-refractivity contribution in [3.8, 4) is 11.6 Å². The Morgan fingerprint density at radius 1 is 1.44 bits per heavy atom. The predicted molar refractivity (Wildman–Crippen MR) is 99.3 cm³/mol. The van der Waals surface area contributed by atoms with Gasteiger partial charge in [-0.1, -0.05) is 17.3 Å². The molecule has 2 heterocycles. The average molecular weight is 342 g/mol. The van der Waals surface area contributed by atoms with Crippen LogP contribution in [0.5, 0.6) is 0 Å². The zero-order valence-electron chi connectivity index (χ0n) is 15.0. The third-order valence-corrected chi connectivity index (χ3v) is 3.55. The van der Waals surface area contributed by atoms with Crippen molar-refractivity contribution in [1.82, 2.24) is 25.3 Å². The summed E-state index contributed by atoms with van der Waals surface area (Å²) in [5.74, 6) is 1.96. The lowest BCUT2D eigenvalue weighted by atomic mass is 10.3. The first-order valence-corrected chi connectivity index (χ1v) is 8.59. The number of guanidine groups is 1. The van der Waals surface area contributed by atoms with Crippen LogP contribution in [0.3, 0.4) is 0 Å². The second-order valence-corrected chi connectivity index (χ2v) is 5.57. The lowest BCUT2D eigenvalue weighted by Crippen LogP contribution is -2.39. The molecule has 1 N–H and O–H groups in total. The number of allylic oxidation sites excluding steroid dienone is 1. The van der Waals surface area contributed by atoms with E-state index >= 15 is 0 Å².